The number of hydrogen-bond acceptors (Lipinski definition) is 3. The number of amides is 1. The fourth-order valence-electron chi connectivity index (χ4n) is 1.73. The number of ether oxygens (including phenoxy) is 1. The summed E-state index contributed by atoms with van der Waals surface area (Å²) in [6.45, 7) is -1.14. The van der Waals surface area contributed by atoms with E-state index >= 15 is 0 Å². The van der Waals surface area contributed by atoms with Crippen LogP contribution in [0.3, 0.4) is 0 Å². The fraction of sp³-hybridized carbons (Fsp3) is 0.273. The molecule has 0 saturated carbocycles. The van der Waals surface area contributed by atoms with Gasteiger partial charge in [0.05, 0.1) is 12.0 Å². The molecular weight excluding hydrogens is 213 g/mol. The van der Waals surface area contributed by atoms with E-state index in [9.17, 15) is 14.0 Å². The normalized spacial score (nSPS) is 13.9. The summed E-state index contributed by atoms with van der Waals surface area (Å²) in [6.07, 6.45) is 0.266. The maximum atomic E-state index is 11.8. The zero-order valence-electron chi connectivity index (χ0n) is 8.70. The van der Waals surface area contributed by atoms with Gasteiger partial charge in [-0.2, -0.15) is 0 Å². The molecule has 1 heterocycles. The van der Waals surface area contributed by atoms with Crippen LogP contribution in [-0.4, -0.2) is 25.8 Å². The van der Waals surface area contributed by atoms with E-state index in [1.165, 1.54) is 11.0 Å². The molecule has 0 aromatic heterocycles. The largest absolute Gasteiger partial charge is 0.430 e. The fourth-order valence-corrected chi connectivity index (χ4v) is 1.73. The molecule has 1 aliphatic heterocycles. The second-order valence-corrected chi connectivity index (χ2v) is 3.51. The highest BCUT2D eigenvalue weighted by atomic mass is 19.1. The smallest absolute Gasteiger partial charge is 0.340 e. The van der Waals surface area contributed by atoms with Gasteiger partial charge >= 0.3 is 5.97 Å². The Hall–Kier alpha value is -1.91. The zero-order valence-corrected chi connectivity index (χ0v) is 8.70. The van der Waals surface area contributed by atoms with Gasteiger partial charge in [0.1, 0.15) is 0 Å². The SMILES string of the molecule is CN1C(=O)Cc2cc(C(=O)OCF)ccc21. The van der Waals surface area contributed by atoms with Crippen LogP contribution < -0.4 is 4.90 Å². The Labute approximate surface area is 91.6 Å². The van der Waals surface area contributed by atoms with Gasteiger partial charge < -0.3 is 9.64 Å². The van der Waals surface area contributed by atoms with Crippen LogP contribution in [0.1, 0.15) is 15.9 Å². The van der Waals surface area contributed by atoms with Crippen molar-refractivity contribution in [1.29, 1.82) is 0 Å². The lowest BCUT2D eigenvalue weighted by Gasteiger charge is -2.09. The molecule has 0 unspecified atom stereocenters. The number of hydrogen-bond donors (Lipinski definition) is 0. The van der Waals surface area contributed by atoms with Crippen molar-refractivity contribution >= 4 is 17.6 Å². The number of nitrogens with zero attached hydrogens (tertiary/aromatic N) is 1. The van der Waals surface area contributed by atoms with Crippen LogP contribution >= 0.6 is 0 Å². The van der Waals surface area contributed by atoms with Crippen molar-refractivity contribution in [2.75, 3.05) is 18.8 Å². The molecule has 5 heteroatoms. The van der Waals surface area contributed by atoms with E-state index in [0.29, 0.717) is 0 Å². The Kier molecular flexibility index (Phi) is 2.60. The zero-order chi connectivity index (χ0) is 11.7. The van der Waals surface area contributed by atoms with Gasteiger partial charge in [0, 0.05) is 12.7 Å². The van der Waals surface area contributed by atoms with E-state index in [1.54, 1.807) is 19.2 Å². The lowest BCUT2D eigenvalue weighted by molar-refractivity contribution is -0.117. The third-order valence-corrected chi connectivity index (χ3v) is 2.58. The number of carbonyl (C=O) groups is 2. The maximum Gasteiger partial charge on any atom is 0.340 e. The number of halogens is 1. The average Bonchev–Trinajstić information content (AvgIpc) is 2.55. The standard InChI is InChI=1S/C11H10FNO3/c1-13-9-3-2-7(11(15)16-6-12)4-8(9)5-10(13)14/h2-4H,5-6H2,1H3. The molecule has 0 fully saturated rings. The Morgan fingerprint density at radius 3 is 3.00 bits per heavy atom. The van der Waals surface area contributed by atoms with Crippen LogP contribution in [0.5, 0.6) is 0 Å². The molecule has 1 aromatic carbocycles. The average molecular weight is 223 g/mol. The van der Waals surface area contributed by atoms with E-state index in [0.717, 1.165) is 11.3 Å². The predicted octanol–water partition coefficient (Wildman–Crippen LogP) is 1.29. The second kappa shape index (κ2) is 3.92. The maximum absolute atomic E-state index is 11.8. The number of esters is 1. The monoisotopic (exact) mass is 223 g/mol. The summed E-state index contributed by atoms with van der Waals surface area (Å²) in [5.41, 5.74) is 1.81. The van der Waals surface area contributed by atoms with Crippen LogP contribution in [0.4, 0.5) is 10.1 Å². The van der Waals surface area contributed by atoms with E-state index in [1.807, 2.05) is 0 Å². The molecule has 16 heavy (non-hydrogen) atoms. The number of fused-ring (bicyclic) bond motifs is 1. The molecule has 0 N–H and O–H groups in total. The molecule has 0 aliphatic carbocycles. The summed E-state index contributed by atoms with van der Waals surface area (Å²) in [4.78, 5) is 24.2. The number of benzene rings is 1. The number of anilines is 1. The van der Waals surface area contributed by atoms with Crippen molar-refractivity contribution in [2.45, 2.75) is 6.42 Å². The minimum Gasteiger partial charge on any atom is -0.430 e. The summed E-state index contributed by atoms with van der Waals surface area (Å²) >= 11 is 0. The summed E-state index contributed by atoms with van der Waals surface area (Å²) in [6, 6.07) is 4.75. The van der Waals surface area contributed by atoms with Gasteiger partial charge in [-0.05, 0) is 23.8 Å². The van der Waals surface area contributed by atoms with Crippen molar-refractivity contribution in [3.8, 4) is 0 Å². The first kappa shape index (κ1) is 10.6. The van der Waals surface area contributed by atoms with Gasteiger partial charge in [0.2, 0.25) is 12.8 Å². The van der Waals surface area contributed by atoms with E-state index in [4.69, 9.17) is 0 Å². The third-order valence-electron chi connectivity index (χ3n) is 2.58. The van der Waals surface area contributed by atoms with Crippen molar-refractivity contribution in [3.63, 3.8) is 0 Å². The van der Waals surface area contributed by atoms with Crippen LogP contribution in [0, 0.1) is 0 Å². The molecule has 0 radical (unpaired) electrons. The first-order valence-corrected chi connectivity index (χ1v) is 4.76. The molecule has 84 valence electrons. The van der Waals surface area contributed by atoms with E-state index in [2.05, 4.69) is 4.74 Å². The Bertz CT molecular complexity index is 459. The van der Waals surface area contributed by atoms with Crippen molar-refractivity contribution < 1.29 is 18.7 Å². The predicted molar refractivity (Wildman–Crippen MR) is 54.9 cm³/mol. The number of likely N-dealkylation sites (N-methyl/N-ethyl adjacent to an activating group) is 1. The molecule has 0 atom stereocenters. The van der Waals surface area contributed by atoms with Gasteiger partial charge in [-0.25, -0.2) is 9.18 Å². The molecule has 1 amide bonds. The Morgan fingerprint density at radius 2 is 2.31 bits per heavy atom. The lowest BCUT2D eigenvalue weighted by atomic mass is 10.1. The topological polar surface area (TPSA) is 46.6 Å². The van der Waals surface area contributed by atoms with Gasteiger partial charge in [-0.1, -0.05) is 0 Å². The number of alkyl halides is 1. The number of rotatable bonds is 2. The van der Waals surface area contributed by atoms with Crippen LogP contribution in [0.15, 0.2) is 18.2 Å². The van der Waals surface area contributed by atoms with Crippen molar-refractivity contribution in [1.82, 2.24) is 0 Å². The minimum atomic E-state index is -1.14. The highest BCUT2D eigenvalue weighted by Crippen LogP contribution is 2.28. The van der Waals surface area contributed by atoms with Gasteiger partial charge in [0.25, 0.3) is 0 Å². The van der Waals surface area contributed by atoms with Crippen LogP contribution in [-0.2, 0) is 16.0 Å². The summed E-state index contributed by atoms with van der Waals surface area (Å²) in [7, 11) is 1.67. The molecule has 2 rings (SSSR count). The molecule has 0 saturated heterocycles. The third kappa shape index (κ3) is 1.64. The summed E-state index contributed by atoms with van der Waals surface area (Å²) in [5, 5.41) is 0. The van der Waals surface area contributed by atoms with Gasteiger partial charge in [0.15, 0.2) is 0 Å². The van der Waals surface area contributed by atoms with E-state index < -0.39 is 12.8 Å². The molecule has 1 aliphatic rings. The number of carbonyl (C=O) groups excluding carboxylic acids is 2. The molecule has 4 nitrogen and oxygen atoms in total. The highest BCUT2D eigenvalue weighted by Gasteiger charge is 2.24. The quantitative estimate of drug-likeness (QED) is 0.710. The molecule has 0 spiro atoms. The summed E-state index contributed by atoms with van der Waals surface area (Å²) in [5.74, 6) is -0.738. The van der Waals surface area contributed by atoms with Gasteiger partial charge in [-0.3, -0.25) is 4.79 Å². The minimum absolute atomic E-state index is 0.0222. The molecular formula is C11H10FNO3. The van der Waals surface area contributed by atoms with Crippen molar-refractivity contribution in [3.05, 3.63) is 29.3 Å². The second-order valence-electron chi connectivity index (χ2n) is 3.51. The first-order chi connectivity index (χ1) is 7.63. The van der Waals surface area contributed by atoms with Crippen LogP contribution in [0.2, 0.25) is 0 Å². The Balaban J connectivity index is 2.32. The Morgan fingerprint density at radius 1 is 1.56 bits per heavy atom. The lowest BCUT2D eigenvalue weighted by Crippen LogP contribution is -2.20. The molecule has 0 bridgehead atoms. The molecule has 1 aromatic rings. The van der Waals surface area contributed by atoms with Crippen LogP contribution in [0.25, 0.3) is 0 Å². The highest BCUT2D eigenvalue weighted by molar-refractivity contribution is 6.02. The van der Waals surface area contributed by atoms with Crippen molar-refractivity contribution in [2.24, 2.45) is 0 Å². The van der Waals surface area contributed by atoms with E-state index in [-0.39, 0.29) is 17.9 Å². The summed E-state index contributed by atoms with van der Waals surface area (Å²) < 4.78 is 16.1. The van der Waals surface area contributed by atoms with Gasteiger partial charge in [-0.15, -0.1) is 0 Å². The first-order valence-electron chi connectivity index (χ1n) is 4.76.